The van der Waals surface area contributed by atoms with Crippen LogP contribution in [0.25, 0.3) is 22.4 Å². The van der Waals surface area contributed by atoms with E-state index in [1.807, 2.05) is 18.2 Å². The highest BCUT2D eigenvalue weighted by atomic mass is 14.9. The largest absolute Gasteiger partial charge is 0.383 e. The number of aromatic nitrogens is 4. The van der Waals surface area contributed by atoms with Gasteiger partial charge in [0.2, 0.25) is 0 Å². The lowest BCUT2D eigenvalue weighted by Gasteiger charge is -2.03. The van der Waals surface area contributed by atoms with Crippen molar-refractivity contribution in [3.8, 4) is 11.5 Å². The number of nitrogen functional groups attached to an aromatic ring is 1. The molecule has 0 saturated heterocycles. The number of nitrogens with two attached hydrogens (primary N) is 1. The maximum atomic E-state index is 5.89. The topological polar surface area (TPSA) is 77.6 Å². The van der Waals surface area contributed by atoms with Crippen LogP contribution in [0.15, 0.2) is 42.9 Å². The smallest absolute Gasteiger partial charge is 0.178 e. The molecule has 0 spiro atoms. The Hall–Kier alpha value is -2.56. The van der Waals surface area contributed by atoms with E-state index in [1.54, 1.807) is 24.7 Å². The minimum Gasteiger partial charge on any atom is -0.383 e. The normalized spacial score (nSPS) is 10.6. The van der Waals surface area contributed by atoms with Crippen LogP contribution < -0.4 is 5.73 Å². The van der Waals surface area contributed by atoms with E-state index < -0.39 is 0 Å². The van der Waals surface area contributed by atoms with Gasteiger partial charge >= 0.3 is 0 Å². The summed E-state index contributed by atoms with van der Waals surface area (Å²) in [5.74, 6) is 0.991. The Bertz CT molecular complexity index is 666. The zero-order valence-electron chi connectivity index (χ0n) is 8.91. The lowest BCUT2D eigenvalue weighted by atomic mass is 10.2. The van der Waals surface area contributed by atoms with Gasteiger partial charge in [0.1, 0.15) is 11.5 Å². The summed E-state index contributed by atoms with van der Waals surface area (Å²) in [4.78, 5) is 16.8. The Kier molecular flexibility index (Phi) is 2.15. The molecule has 3 aromatic heterocycles. The first-order valence-electron chi connectivity index (χ1n) is 5.13. The molecule has 5 heteroatoms. The summed E-state index contributed by atoms with van der Waals surface area (Å²) in [6, 6.07) is 7.31. The molecule has 0 radical (unpaired) electrons. The lowest BCUT2D eigenvalue weighted by molar-refractivity contribution is 1.14. The molecule has 3 rings (SSSR count). The van der Waals surface area contributed by atoms with E-state index in [2.05, 4.69) is 19.9 Å². The highest BCUT2D eigenvalue weighted by Gasteiger charge is 2.07. The Morgan fingerprint density at radius 1 is 0.941 bits per heavy atom. The molecule has 0 aliphatic heterocycles. The van der Waals surface area contributed by atoms with Crippen LogP contribution in [0.5, 0.6) is 0 Å². The second kappa shape index (κ2) is 3.79. The molecular formula is C12H9N5. The highest BCUT2D eigenvalue weighted by molar-refractivity contribution is 5.90. The highest BCUT2D eigenvalue weighted by Crippen LogP contribution is 2.22. The van der Waals surface area contributed by atoms with Crippen molar-refractivity contribution in [1.29, 1.82) is 0 Å². The van der Waals surface area contributed by atoms with Crippen LogP contribution >= 0.6 is 0 Å². The fourth-order valence-corrected chi connectivity index (χ4v) is 1.65. The van der Waals surface area contributed by atoms with Crippen LogP contribution in [0.1, 0.15) is 0 Å². The van der Waals surface area contributed by atoms with Gasteiger partial charge in [0, 0.05) is 24.0 Å². The number of rotatable bonds is 1. The summed E-state index contributed by atoms with van der Waals surface area (Å²) in [6.45, 7) is 0. The van der Waals surface area contributed by atoms with E-state index in [-0.39, 0.29) is 0 Å². The quantitative estimate of drug-likeness (QED) is 0.679. The van der Waals surface area contributed by atoms with Crippen molar-refractivity contribution >= 4 is 16.7 Å². The molecule has 5 nitrogen and oxygen atoms in total. The maximum Gasteiger partial charge on any atom is 0.178 e. The van der Waals surface area contributed by atoms with Gasteiger partial charge < -0.3 is 5.73 Å². The second-order valence-corrected chi connectivity index (χ2v) is 3.54. The number of hydrogen-bond acceptors (Lipinski definition) is 5. The maximum absolute atomic E-state index is 5.89. The van der Waals surface area contributed by atoms with Crippen molar-refractivity contribution in [3.05, 3.63) is 42.9 Å². The molecule has 0 unspecified atom stereocenters. The van der Waals surface area contributed by atoms with Crippen molar-refractivity contribution in [2.45, 2.75) is 0 Å². The molecule has 0 fully saturated rings. The zero-order valence-corrected chi connectivity index (χ0v) is 8.91. The zero-order chi connectivity index (χ0) is 11.7. The van der Waals surface area contributed by atoms with E-state index in [4.69, 9.17) is 5.73 Å². The summed E-state index contributed by atoms with van der Waals surface area (Å²) in [5.41, 5.74) is 7.32. The number of anilines is 1. The van der Waals surface area contributed by atoms with Crippen LogP contribution in [0.2, 0.25) is 0 Å². The molecule has 0 bridgehead atoms. The Labute approximate surface area is 97.4 Å². The van der Waals surface area contributed by atoms with Crippen LogP contribution in [0.4, 0.5) is 5.82 Å². The summed E-state index contributed by atoms with van der Waals surface area (Å²) in [5, 5.41) is 0.840. The van der Waals surface area contributed by atoms with Gasteiger partial charge in [-0.2, -0.15) is 0 Å². The monoisotopic (exact) mass is 223 g/mol. The standard InChI is InChI=1S/C12H9N5/c13-11-8-3-1-4-14-9(8)7-10(17-11)12-15-5-2-6-16-12/h1-7H,(H2,13,17). The van der Waals surface area contributed by atoms with Crippen LogP contribution in [-0.4, -0.2) is 19.9 Å². The van der Waals surface area contributed by atoms with E-state index in [0.717, 1.165) is 10.9 Å². The molecule has 0 aliphatic carbocycles. The molecule has 17 heavy (non-hydrogen) atoms. The van der Waals surface area contributed by atoms with Gasteiger partial charge in [-0.05, 0) is 24.3 Å². The molecule has 0 amide bonds. The molecule has 0 aliphatic rings. The molecule has 0 saturated carbocycles. The Balaban J connectivity index is 2.26. The average Bonchev–Trinajstić information content (AvgIpc) is 2.40. The SMILES string of the molecule is Nc1nc(-c2ncccn2)cc2ncccc12. The Morgan fingerprint density at radius 3 is 2.53 bits per heavy atom. The summed E-state index contributed by atoms with van der Waals surface area (Å²) in [7, 11) is 0. The molecule has 2 N–H and O–H groups in total. The van der Waals surface area contributed by atoms with E-state index in [9.17, 15) is 0 Å². The number of hydrogen-bond donors (Lipinski definition) is 1. The van der Waals surface area contributed by atoms with Gasteiger partial charge in [-0.25, -0.2) is 15.0 Å². The first-order chi connectivity index (χ1) is 8.34. The summed E-state index contributed by atoms with van der Waals surface area (Å²) < 4.78 is 0. The van der Waals surface area contributed by atoms with Gasteiger partial charge in [0.15, 0.2) is 5.82 Å². The van der Waals surface area contributed by atoms with Crippen molar-refractivity contribution in [3.63, 3.8) is 0 Å². The minimum absolute atomic E-state index is 0.443. The van der Waals surface area contributed by atoms with Gasteiger partial charge in [-0.3, -0.25) is 4.98 Å². The third kappa shape index (κ3) is 1.67. The molecule has 3 heterocycles. The second-order valence-electron chi connectivity index (χ2n) is 3.54. The first-order valence-corrected chi connectivity index (χ1v) is 5.13. The minimum atomic E-state index is 0.443. The van der Waals surface area contributed by atoms with Gasteiger partial charge in [0.25, 0.3) is 0 Å². The lowest BCUT2D eigenvalue weighted by Crippen LogP contribution is -1.97. The van der Waals surface area contributed by atoms with E-state index in [1.165, 1.54) is 0 Å². The van der Waals surface area contributed by atoms with Gasteiger partial charge in [-0.15, -0.1) is 0 Å². The molecule has 3 aromatic rings. The Morgan fingerprint density at radius 2 is 1.71 bits per heavy atom. The van der Waals surface area contributed by atoms with Crippen molar-refractivity contribution in [2.24, 2.45) is 0 Å². The summed E-state index contributed by atoms with van der Waals surface area (Å²) in [6.07, 6.45) is 5.06. The van der Waals surface area contributed by atoms with Crippen LogP contribution in [0.3, 0.4) is 0 Å². The first kappa shape index (κ1) is 9.65. The number of pyridine rings is 2. The average molecular weight is 223 g/mol. The van der Waals surface area contributed by atoms with E-state index >= 15 is 0 Å². The molecular weight excluding hydrogens is 214 g/mol. The van der Waals surface area contributed by atoms with Gasteiger partial charge in [-0.1, -0.05) is 0 Å². The predicted molar refractivity (Wildman–Crippen MR) is 65.0 cm³/mol. The van der Waals surface area contributed by atoms with Crippen molar-refractivity contribution in [1.82, 2.24) is 19.9 Å². The van der Waals surface area contributed by atoms with Crippen LogP contribution in [0, 0.1) is 0 Å². The third-order valence-electron chi connectivity index (χ3n) is 2.42. The third-order valence-corrected chi connectivity index (χ3v) is 2.42. The predicted octanol–water partition coefficient (Wildman–Crippen LogP) is 1.67. The molecule has 0 aromatic carbocycles. The fourth-order valence-electron chi connectivity index (χ4n) is 1.65. The van der Waals surface area contributed by atoms with E-state index in [0.29, 0.717) is 17.3 Å². The van der Waals surface area contributed by atoms with Gasteiger partial charge in [0.05, 0.1) is 5.52 Å². The number of fused-ring (bicyclic) bond motifs is 1. The fraction of sp³-hybridized carbons (Fsp3) is 0. The van der Waals surface area contributed by atoms with Crippen molar-refractivity contribution < 1.29 is 0 Å². The number of nitrogens with zero attached hydrogens (tertiary/aromatic N) is 4. The molecule has 0 atom stereocenters. The summed E-state index contributed by atoms with van der Waals surface area (Å²) >= 11 is 0. The molecule has 82 valence electrons. The van der Waals surface area contributed by atoms with Crippen molar-refractivity contribution in [2.75, 3.05) is 5.73 Å². The van der Waals surface area contributed by atoms with Crippen LogP contribution in [-0.2, 0) is 0 Å².